The van der Waals surface area contributed by atoms with Gasteiger partial charge in [-0.2, -0.15) is 0 Å². The van der Waals surface area contributed by atoms with Crippen molar-refractivity contribution < 1.29 is 4.79 Å². The number of benzene rings is 2. The number of nitrogens with zero attached hydrogens (tertiary/aromatic N) is 3. The largest absolute Gasteiger partial charge is 0.349 e. The zero-order valence-electron chi connectivity index (χ0n) is 14.8. The maximum atomic E-state index is 12.3. The van der Waals surface area contributed by atoms with Crippen LogP contribution in [0.15, 0.2) is 53.9 Å². The second-order valence-electron chi connectivity index (χ2n) is 6.02. The number of thioether (sulfide) groups is 1. The maximum absolute atomic E-state index is 12.3. The highest BCUT2D eigenvalue weighted by molar-refractivity contribution is 7.99. The molecule has 0 saturated carbocycles. The number of aromatic nitrogens is 3. The number of carbonyl (C=O) groups is 1. The summed E-state index contributed by atoms with van der Waals surface area (Å²) in [5.74, 6) is 0.108. The van der Waals surface area contributed by atoms with E-state index in [0.29, 0.717) is 15.2 Å². The lowest BCUT2D eigenvalue weighted by atomic mass is 10.1. The summed E-state index contributed by atoms with van der Waals surface area (Å²) in [5.41, 5.74) is 2.73. The molecule has 0 fully saturated rings. The number of amides is 1. The molecule has 1 aromatic heterocycles. The minimum Gasteiger partial charge on any atom is -0.349 e. The van der Waals surface area contributed by atoms with Crippen LogP contribution >= 0.6 is 35.0 Å². The highest BCUT2D eigenvalue weighted by Gasteiger charge is 2.15. The van der Waals surface area contributed by atoms with Gasteiger partial charge in [0.05, 0.1) is 17.5 Å². The Hall–Kier alpha value is -2.02. The fourth-order valence-corrected chi connectivity index (χ4v) is 3.76. The molecule has 1 amide bonds. The Morgan fingerprint density at radius 2 is 2.00 bits per heavy atom. The quantitative estimate of drug-likeness (QED) is 0.578. The lowest BCUT2D eigenvalue weighted by Gasteiger charge is -2.15. The van der Waals surface area contributed by atoms with Gasteiger partial charge in [-0.25, -0.2) is 0 Å². The monoisotopic (exact) mass is 420 g/mol. The number of rotatable bonds is 6. The van der Waals surface area contributed by atoms with Gasteiger partial charge in [0.2, 0.25) is 5.91 Å². The van der Waals surface area contributed by atoms with Gasteiger partial charge in [0.25, 0.3) is 0 Å². The average molecular weight is 421 g/mol. The van der Waals surface area contributed by atoms with Crippen LogP contribution < -0.4 is 5.32 Å². The van der Waals surface area contributed by atoms with Gasteiger partial charge in [-0.15, -0.1) is 10.2 Å². The molecular weight excluding hydrogens is 403 g/mol. The van der Waals surface area contributed by atoms with E-state index in [1.807, 2.05) is 56.3 Å². The Bertz CT molecular complexity index is 960. The van der Waals surface area contributed by atoms with Crippen molar-refractivity contribution >= 4 is 40.9 Å². The molecule has 3 rings (SSSR count). The number of halogens is 2. The van der Waals surface area contributed by atoms with E-state index in [1.165, 1.54) is 11.8 Å². The first kappa shape index (κ1) is 19.7. The van der Waals surface area contributed by atoms with Crippen LogP contribution in [-0.4, -0.2) is 26.4 Å². The van der Waals surface area contributed by atoms with E-state index in [4.69, 9.17) is 23.2 Å². The van der Waals surface area contributed by atoms with Crippen molar-refractivity contribution in [2.24, 2.45) is 0 Å². The minimum absolute atomic E-state index is 0.107. The molecule has 3 aromatic rings. The highest BCUT2D eigenvalue weighted by Crippen LogP contribution is 2.25. The summed E-state index contributed by atoms with van der Waals surface area (Å²) in [6, 6.07) is 13.0. The van der Waals surface area contributed by atoms with Crippen molar-refractivity contribution in [3.63, 3.8) is 0 Å². The molecule has 0 spiro atoms. The van der Waals surface area contributed by atoms with Crippen LogP contribution in [0.25, 0.3) is 5.69 Å². The fraction of sp³-hybridized carbons (Fsp3) is 0.211. The summed E-state index contributed by atoms with van der Waals surface area (Å²) >= 11 is 13.7. The Morgan fingerprint density at radius 1 is 1.22 bits per heavy atom. The molecule has 5 nitrogen and oxygen atoms in total. The average Bonchev–Trinajstić information content (AvgIpc) is 3.11. The van der Waals surface area contributed by atoms with Crippen LogP contribution in [-0.2, 0) is 4.79 Å². The maximum Gasteiger partial charge on any atom is 0.230 e. The van der Waals surface area contributed by atoms with E-state index in [0.717, 1.165) is 16.8 Å². The standard InChI is InChI=1S/C19H18Cl2N4OS/c1-12-7-8-14(9-17(12)21)25-11-22-24-19(25)27-10-18(26)23-13(2)15-5-3-4-6-16(15)20/h3-9,11,13H,10H2,1-2H3,(H,23,26). The predicted octanol–water partition coefficient (Wildman–Crippen LogP) is 4.85. The third kappa shape index (κ3) is 4.83. The summed E-state index contributed by atoms with van der Waals surface area (Å²) in [6.45, 7) is 3.85. The summed E-state index contributed by atoms with van der Waals surface area (Å²) < 4.78 is 1.81. The summed E-state index contributed by atoms with van der Waals surface area (Å²) in [5, 5.41) is 12.9. The van der Waals surface area contributed by atoms with E-state index >= 15 is 0 Å². The molecule has 0 aliphatic heterocycles. The molecule has 0 radical (unpaired) electrons. The molecule has 1 unspecified atom stereocenters. The number of nitrogens with one attached hydrogen (secondary N) is 1. The lowest BCUT2D eigenvalue weighted by Crippen LogP contribution is -2.28. The highest BCUT2D eigenvalue weighted by atomic mass is 35.5. The first-order chi connectivity index (χ1) is 13.0. The molecule has 140 valence electrons. The number of carbonyl (C=O) groups excluding carboxylic acids is 1. The van der Waals surface area contributed by atoms with Crippen LogP contribution in [0.1, 0.15) is 24.1 Å². The van der Waals surface area contributed by atoms with Crippen LogP contribution in [0.5, 0.6) is 0 Å². The topological polar surface area (TPSA) is 59.8 Å². The number of aryl methyl sites for hydroxylation is 1. The molecule has 0 saturated heterocycles. The van der Waals surface area contributed by atoms with E-state index in [2.05, 4.69) is 15.5 Å². The molecule has 1 atom stereocenters. The van der Waals surface area contributed by atoms with Crippen molar-refractivity contribution in [3.05, 3.63) is 70.0 Å². The molecule has 2 aromatic carbocycles. The van der Waals surface area contributed by atoms with Crippen LogP contribution in [0.3, 0.4) is 0 Å². The van der Waals surface area contributed by atoms with Gasteiger partial charge in [0.15, 0.2) is 5.16 Å². The van der Waals surface area contributed by atoms with Gasteiger partial charge in [-0.3, -0.25) is 9.36 Å². The second kappa shape index (κ2) is 8.78. The predicted molar refractivity (Wildman–Crippen MR) is 110 cm³/mol. The van der Waals surface area contributed by atoms with Crippen molar-refractivity contribution in [1.29, 1.82) is 0 Å². The van der Waals surface area contributed by atoms with Gasteiger partial charge < -0.3 is 5.32 Å². The van der Waals surface area contributed by atoms with Gasteiger partial charge in [0, 0.05) is 10.0 Å². The molecule has 27 heavy (non-hydrogen) atoms. The Morgan fingerprint density at radius 3 is 2.74 bits per heavy atom. The van der Waals surface area contributed by atoms with Gasteiger partial charge >= 0.3 is 0 Å². The SMILES string of the molecule is Cc1ccc(-n2cnnc2SCC(=O)NC(C)c2ccccc2Cl)cc1Cl. The molecule has 1 heterocycles. The third-order valence-corrected chi connectivity index (χ3v) is 5.73. The van der Waals surface area contributed by atoms with Crippen molar-refractivity contribution in [2.45, 2.75) is 25.0 Å². The molecule has 0 aliphatic rings. The van der Waals surface area contributed by atoms with Crippen molar-refractivity contribution in [1.82, 2.24) is 20.1 Å². The third-order valence-electron chi connectivity index (χ3n) is 4.03. The number of hydrogen-bond donors (Lipinski definition) is 1. The van der Waals surface area contributed by atoms with Gasteiger partial charge in [-0.1, -0.05) is 59.2 Å². The first-order valence-corrected chi connectivity index (χ1v) is 10.0. The second-order valence-corrected chi connectivity index (χ2v) is 7.77. The molecule has 0 aliphatic carbocycles. The Labute approximate surface area is 172 Å². The normalized spacial score (nSPS) is 12.0. The first-order valence-electron chi connectivity index (χ1n) is 8.29. The minimum atomic E-state index is -0.180. The van der Waals surface area contributed by atoms with E-state index in [1.54, 1.807) is 10.9 Å². The Kier molecular flexibility index (Phi) is 6.42. The van der Waals surface area contributed by atoms with Gasteiger partial charge in [-0.05, 0) is 43.2 Å². The molecule has 0 bridgehead atoms. The summed E-state index contributed by atoms with van der Waals surface area (Å²) in [4.78, 5) is 12.3. The molecule has 1 N–H and O–H groups in total. The lowest BCUT2D eigenvalue weighted by molar-refractivity contribution is -0.119. The zero-order valence-corrected chi connectivity index (χ0v) is 17.1. The Balaban J connectivity index is 1.64. The summed E-state index contributed by atoms with van der Waals surface area (Å²) in [7, 11) is 0. The van der Waals surface area contributed by atoms with Crippen LogP contribution in [0.4, 0.5) is 0 Å². The van der Waals surface area contributed by atoms with E-state index in [-0.39, 0.29) is 17.7 Å². The van der Waals surface area contributed by atoms with Crippen LogP contribution in [0.2, 0.25) is 10.0 Å². The van der Waals surface area contributed by atoms with Gasteiger partial charge in [0.1, 0.15) is 6.33 Å². The molecule has 8 heteroatoms. The van der Waals surface area contributed by atoms with E-state index < -0.39 is 0 Å². The number of hydrogen-bond acceptors (Lipinski definition) is 4. The molecular formula is C19H18Cl2N4OS. The van der Waals surface area contributed by atoms with E-state index in [9.17, 15) is 4.79 Å². The fourth-order valence-electron chi connectivity index (χ4n) is 2.55. The smallest absolute Gasteiger partial charge is 0.230 e. The summed E-state index contributed by atoms with van der Waals surface area (Å²) in [6.07, 6.45) is 1.60. The zero-order chi connectivity index (χ0) is 19.4. The van der Waals surface area contributed by atoms with Crippen LogP contribution in [0, 0.1) is 6.92 Å². The van der Waals surface area contributed by atoms with Crippen molar-refractivity contribution in [2.75, 3.05) is 5.75 Å². The van der Waals surface area contributed by atoms with Crippen molar-refractivity contribution in [3.8, 4) is 5.69 Å².